The van der Waals surface area contributed by atoms with Gasteiger partial charge in [-0.2, -0.15) is 0 Å². The minimum absolute atomic E-state index is 0.0261. The van der Waals surface area contributed by atoms with E-state index in [-0.39, 0.29) is 5.91 Å². The van der Waals surface area contributed by atoms with E-state index >= 15 is 0 Å². The number of hydrogen-bond donors (Lipinski definition) is 1. The molecule has 0 unspecified atom stereocenters. The third-order valence-electron chi connectivity index (χ3n) is 4.75. The highest BCUT2D eigenvalue weighted by Crippen LogP contribution is 2.42. The van der Waals surface area contributed by atoms with Crippen LogP contribution < -0.4 is 5.32 Å². The number of nitrogens with one attached hydrogen (secondary N) is 1. The molecule has 1 saturated carbocycles. The average molecular weight is 430 g/mol. The van der Waals surface area contributed by atoms with E-state index in [4.69, 9.17) is 4.98 Å². The number of amides is 1. The SMILES string of the molecule is Cc1nc(CCNC(=O)c2c(C)c(C3CC3)nc3ccc(Br)cc23)cs1. The van der Waals surface area contributed by atoms with Crippen LogP contribution in [-0.2, 0) is 6.42 Å². The van der Waals surface area contributed by atoms with Crippen molar-refractivity contribution < 1.29 is 4.79 Å². The summed E-state index contributed by atoms with van der Waals surface area (Å²) in [6.07, 6.45) is 3.08. The fourth-order valence-corrected chi connectivity index (χ4v) is 4.32. The van der Waals surface area contributed by atoms with Gasteiger partial charge in [-0.1, -0.05) is 15.9 Å². The first-order valence-corrected chi connectivity index (χ1v) is 10.5. The second kappa shape index (κ2) is 7.08. The van der Waals surface area contributed by atoms with Crippen molar-refractivity contribution in [2.45, 2.75) is 39.0 Å². The smallest absolute Gasteiger partial charge is 0.252 e. The van der Waals surface area contributed by atoms with E-state index in [0.717, 1.165) is 49.3 Å². The van der Waals surface area contributed by atoms with Crippen molar-refractivity contribution in [2.75, 3.05) is 6.54 Å². The first-order chi connectivity index (χ1) is 12.5. The predicted molar refractivity (Wildman–Crippen MR) is 109 cm³/mol. The molecule has 1 fully saturated rings. The van der Waals surface area contributed by atoms with Gasteiger partial charge in [-0.15, -0.1) is 11.3 Å². The number of carbonyl (C=O) groups is 1. The minimum Gasteiger partial charge on any atom is -0.352 e. The molecule has 0 radical (unpaired) electrons. The van der Waals surface area contributed by atoms with Gasteiger partial charge in [-0.3, -0.25) is 9.78 Å². The number of fused-ring (bicyclic) bond motifs is 1. The zero-order chi connectivity index (χ0) is 18.3. The van der Waals surface area contributed by atoms with Gasteiger partial charge in [0.25, 0.3) is 5.91 Å². The van der Waals surface area contributed by atoms with Crippen LogP contribution in [0.4, 0.5) is 0 Å². The molecule has 0 atom stereocenters. The summed E-state index contributed by atoms with van der Waals surface area (Å²) in [6, 6.07) is 5.96. The van der Waals surface area contributed by atoms with Crippen molar-refractivity contribution in [3.8, 4) is 0 Å². The topological polar surface area (TPSA) is 54.9 Å². The molecule has 1 N–H and O–H groups in total. The molecule has 4 nitrogen and oxygen atoms in total. The van der Waals surface area contributed by atoms with Crippen LogP contribution in [0.1, 0.15) is 51.1 Å². The summed E-state index contributed by atoms with van der Waals surface area (Å²) in [5.41, 5.74) is 4.78. The summed E-state index contributed by atoms with van der Waals surface area (Å²) in [5.74, 6) is 0.481. The van der Waals surface area contributed by atoms with Gasteiger partial charge in [0.05, 0.1) is 21.8 Å². The average Bonchev–Trinajstić information content (AvgIpc) is 3.36. The molecular formula is C20H20BrN3OS. The van der Waals surface area contributed by atoms with Gasteiger partial charge in [0.2, 0.25) is 0 Å². The molecular weight excluding hydrogens is 410 g/mol. The van der Waals surface area contributed by atoms with Crippen molar-refractivity contribution in [2.24, 2.45) is 0 Å². The summed E-state index contributed by atoms with van der Waals surface area (Å²) in [7, 11) is 0. The van der Waals surface area contributed by atoms with Gasteiger partial charge in [0, 0.05) is 39.8 Å². The lowest BCUT2D eigenvalue weighted by Crippen LogP contribution is -2.27. The Morgan fingerprint density at radius 2 is 2.12 bits per heavy atom. The Balaban J connectivity index is 1.63. The highest BCUT2D eigenvalue weighted by atomic mass is 79.9. The Labute approximate surface area is 165 Å². The van der Waals surface area contributed by atoms with Crippen molar-refractivity contribution in [3.63, 3.8) is 0 Å². The Bertz CT molecular complexity index is 994. The van der Waals surface area contributed by atoms with Gasteiger partial charge in [-0.05, 0) is 50.5 Å². The molecule has 4 rings (SSSR count). The Hall–Kier alpha value is -1.79. The van der Waals surface area contributed by atoms with Gasteiger partial charge in [0.15, 0.2) is 0 Å². The highest BCUT2D eigenvalue weighted by molar-refractivity contribution is 9.10. The normalized spacial score (nSPS) is 14.0. The summed E-state index contributed by atoms with van der Waals surface area (Å²) in [4.78, 5) is 22.3. The lowest BCUT2D eigenvalue weighted by atomic mass is 9.98. The number of aromatic nitrogens is 2. The van der Waals surface area contributed by atoms with Gasteiger partial charge in [0.1, 0.15) is 0 Å². The predicted octanol–water partition coefficient (Wildman–Crippen LogP) is 4.92. The number of hydrogen-bond acceptors (Lipinski definition) is 4. The van der Waals surface area contributed by atoms with E-state index in [0.29, 0.717) is 12.5 Å². The van der Waals surface area contributed by atoms with Crippen molar-refractivity contribution in [1.29, 1.82) is 0 Å². The van der Waals surface area contributed by atoms with Crippen molar-refractivity contribution in [3.05, 3.63) is 55.6 Å². The summed E-state index contributed by atoms with van der Waals surface area (Å²) in [6.45, 7) is 4.61. The molecule has 1 amide bonds. The van der Waals surface area contributed by atoms with Crippen LogP contribution in [0.3, 0.4) is 0 Å². The van der Waals surface area contributed by atoms with Crippen LogP contribution >= 0.6 is 27.3 Å². The largest absolute Gasteiger partial charge is 0.352 e. The number of rotatable bonds is 5. The van der Waals surface area contributed by atoms with Gasteiger partial charge in [-0.25, -0.2) is 4.98 Å². The lowest BCUT2D eigenvalue weighted by Gasteiger charge is -2.14. The third kappa shape index (κ3) is 3.53. The first kappa shape index (κ1) is 17.6. The molecule has 1 aromatic carbocycles. The minimum atomic E-state index is -0.0261. The molecule has 3 aromatic rings. The van der Waals surface area contributed by atoms with E-state index in [1.54, 1.807) is 11.3 Å². The zero-order valence-corrected chi connectivity index (χ0v) is 17.2. The molecule has 1 aliphatic carbocycles. The lowest BCUT2D eigenvalue weighted by molar-refractivity contribution is 0.0955. The number of benzene rings is 1. The monoisotopic (exact) mass is 429 g/mol. The van der Waals surface area contributed by atoms with Gasteiger partial charge < -0.3 is 5.32 Å². The maximum Gasteiger partial charge on any atom is 0.252 e. The van der Waals surface area contributed by atoms with Gasteiger partial charge >= 0.3 is 0 Å². The number of thiazole rings is 1. The van der Waals surface area contributed by atoms with E-state index in [9.17, 15) is 4.79 Å². The van der Waals surface area contributed by atoms with E-state index in [2.05, 4.69) is 31.6 Å². The molecule has 0 spiro atoms. The third-order valence-corrected chi connectivity index (χ3v) is 6.07. The maximum absolute atomic E-state index is 13.0. The van der Waals surface area contributed by atoms with Crippen LogP contribution in [0.2, 0.25) is 0 Å². The van der Waals surface area contributed by atoms with Crippen molar-refractivity contribution >= 4 is 44.1 Å². The van der Waals surface area contributed by atoms with Crippen LogP contribution in [-0.4, -0.2) is 22.4 Å². The van der Waals surface area contributed by atoms with Crippen LogP contribution in [0.25, 0.3) is 10.9 Å². The van der Waals surface area contributed by atoms with Crippen LogP contribution in [0.15, 0.2) is 28.1 Å². The van der Waals surface area contributed by atoms with Crippen LogP contribution in [0, 0.1) is 13.8 Å². The number of nitrogens with zero attached hydrogens (tertiary/aromatic N) is 2. The van der Waals surface area contributed by atoms with E-state index < -0.39 is 0 Å². The molecule has 2 heterocycles. The zero-order valence-electron chi connectivity index (χ0n) is 14.8. The van der Waals surface area contributed by atoms with Crippen molar-refractivity contribution in [1.82, 2.24) is 15.3 Å². The fraction of sp³-hybridized carbons (Fsp3) is 0.350. The second-order valence-corrected chi connectivity index (χ2v) is 8.77. The number of halogens is 1. The Morgan fingerprint density at radius 1 is 1.31 bits per heavy atom. The summed E-state index contributed by atoms with van der Waals surface area (Å²) < 4.78 is 0.956. The Morgan fingerprint density at radius 3 is 2.81 bits per heavy atom. The molecule has 0 bridgehead atoms. The number of aryl methyl sites for hydroxylation is 1. The van der Waals surface area contributed by atoms with E-state index in [1.807, 2.05) is 32.0 Å². The first-order valence-electron chi connectivity index (χ1n) is 8.82. The molecule has 134 valence electrons. The second-order valence-electron chi connectivity index (χ2n) is 6.80. The molecule has 26 heavy (non-hydrogen) atoms. The summed E-state index contributed by atoms with van der Waals surface area (Å²) >= 11 is 5.16. The number of carbonyl (C=O) groups excluding carboxylic acids is 1. The maximum atomic E-state index is 13.0. The summed E-state index contributed by atoms with van der Waals surface area (Å²) in [5, 5.41) is 7.09. The van der Waals surface area contributed by atoms with E-state index in [1.165, 1.54) is 12.8 Å². The number of pyridine rings is 1. The molecule has 0 aliphatic heterocycles. The standard InChI is InChI=1S/C20H20BrN3OS/c1-11-18(20(25)22-8-7-15-10-26-12(2)23-15)16-9-14(21)5-6-17(16)24-19(11)13-3-4-13/h5-6,9-10,13H,3-4,7-8H2,1-2H3,(H,22,25). The van der Waals surface area contributed by atoms with Crippen LogP contribution in [0.5, 0.6) is 0 Å². The molecule has 2 aromatic heterocycles. The molecule has 6 heteroatoms. The quantitative estimate of drug-likeness (QED) is 0.625. The molecule has 1 aliphatic rings. The highest BCUT2D eigenvalue weighted by Gasteiger charge is 2.29. The Kier molecular flexibility index (Phi) is 4.80. The molecule has 0 saturated heterocycles. The fourth-order valence-electron chi connectivity index (χ4n) is 3.31.